The van der Waals surface area contributed by atoms with Crippen molar-refractivity contribution in [1.29, 1.82) is 0 Å². The molecule has 1 heterocycles. The van der Waals surface area contributed by atoms with Crippen LogP contribution in [0.15, 0.2) is 65.8 Å². The predicted molar refractivity (Wildman–Crippen MR) is 120 cm³/mol. The van der Waals surface area contributed by atoms with Crippen molar-refractivity contribution in [3.63, 3.8) is 0 Å². The number of fused-ring (bicyclic) bond motifs is 1. The van der Waals surface area contributed by atoms with E-state index in [1.54, 1.807) is 0 Å². The zero-order valence-electron chi connectivity index (χ0n) is 17.3. The molecule has 5 heteroatoms. The number of aromatic nitrogens is 2. The molecule has 30 heavy (non-hydrogen) atoms. The fraction of sp³-hybridized carbons (Fsp3) is 0.280. The van der Waals surface area contributed by atoms with Crippen molar-refractivity contribution in [3.05, 3.63) is 88.8 Å². The highest BCUT2D eigenvalue weighted by molar-refractivity contribution is 6.04. The highest BCUT2D eigenvalue weighted by Gasteiger charge is 2.39. The Bertz CT molecular complexity index is 1130. The minimum Gasteiger partial charge on any atom is -0.411 e. The molecular formula is C25H26N4O. The van der Waals surface area contributed by atoms with E-state index in [1.165, 1.54) is 16.8 Å². The minimum absolute atomic E-state index is 0.291. The average Bonchev–Trinajstić information content (AvgIpc) is 3.54. The largest absolute Gasteiger partial charge is 0.411 e. The molecule has 1 aromatic heterocycles. The maximum Gasteiger partial charge on any atom is 0.117 e. The number of hydrogen-bond acceptors (Lipinski definition) is 4. The molecule has 152 valence electrons. The summed E-state index contributed by atoms with van der Waals surface area (Å²) in [6.07, 6.45) is 7.35. The van der Waals surface area contributed by atoms with Gasteiger partial charge in [-0.05, 0) is 36.1 Å². The van der Waals surface area contributed by atoms with Crippen molar-refractivity contribution in [2.75, 3.05) is 19.0 Å². The van der Waals surface area contributed by atoms with E-state index >= 15 is 0 Å². The molecule has 0 bridgehead atoms. The number of hydrogen-bond donors (Lipinski definition) is 2. The second-order valence-electron chi connectivity index (χ2n) is 8.52. The molecule has 0 spiro atoms. The zero-order chi connectivity index (χ0) is 20.7. The lowest BCUT2D eigenvalue weighted by atomic mass is 9.68. The number of H-pyrrole nitrogens is 1. The first-order valence-electron chi connectivity index (χ1n) is 10.4. The van der Waals surface area contributed by atoms with Crippen molar-refractivity contribution in [1.82, 2.24) is 10.2 Å². The predicted octanol–water partition coefficient (Wildman–Crippen LogP) is 4.62. The van der Waals surface area contributed by atoms with Gasteiger partial charge in [-0.2, -0.15) is 5.10 Å². The Morgan fingerprint density at radius 2 is 1.87 bits per heavy atom. The summed E-state index contributed by atoms with van der Waals surface area (Å²) >= 11 is 0. The van der Waals surface area contributed by atoms with Gasteiger partial charge in [-0.3, -0.25) is 5.10 Å². The first kappa shape index (κ1) is 18.7. The Morgan fingerprint density at radius 3 is 2.57 bits per heavy atom. The number of rotatable bonds is 5. The second-order valence-corrected chi connectivity index (χ2v) is 8.52. The summed E-state index contributed by atoms with van der Waals surface area (Å²) in [6, 6.07) is 19.4. The molecule has 1 unspecified atom stereocenters. The number of anilines is 1. The molecule has 1 atom stereocenters. The van der Waals surface area contributed by atoms with E-state index in [1.807, 2.05) is 0 Å². The summed E-state index contributed by atoms with van der Waals surface area (Å²) in [5, 5.41) is 20.9. The number of aromatic amines is 1. The quantitative estimate of drug-likeness (QED) is 0.374. The molecule has 3 aromatic rings. The van der Waals surface area contributed by atoms with Crippen LogP contribution in [0.1, 0.15) is 40.9 Å². The first-order valence-corrected chi connectivity index (χ1v) is 10.4. The van der Waals surface area contributed by atoms with Crippen LogP contribution < -0.4 is 4.90 Å². The van der Waals surface area contributed by atoms with Gasteiger partial charge in [-0.15, -0.1) is 0 Å². The Kier molecular flexibility index (Phi) is 4.46. The van der Waals surface area contributed by atoms with Gasteiger partial charge in [-0.25, -0.2) is 0 Å². The lowest BCUT2D eigenvalue weighted by molar-refractivity contribution is 0.317. The third kappa shape index (κ3) is 3.02. The van der Waals surface area contributed by atoms with Gasteiger partial charge in [0.1, 0.15) is 11.4 Å². The van der Waals surface area contributed by atoms with Gasteiger partial charge >= 0.3 is 0 Å². The van der Waals surface area contributed by atoms with Crippen LogP contribution in [0.4, 0.5) is 5.69 Å². The number of nitrogens with one attached hydrogen (secondary N) is 1. The van der Waals surface area contributed by atoms with Crippen LogP contribution in [0.3, 0.4) is 0 Å². The highest BCUT2D eigenvalue weighted by atomic mass is 16.4. The Morgan fingerprint density at radius 1 is 1.10 bits per heavy atom. The van der Waals surface area contributed by atoms with Crippen molar-refractivity contribution in [2.45, 2.75) is 24.7 Å². The van der Waals surface area contributed by atoms with Crippen LogP contribution in [0.25, 0.3) is 6.08 Å². The smallest absolute Gasteiger partial charge is 0.117 e. The molecule has 0 aliphatic heterocycles. The van der Waals surface area contributed by atoms with Crippen LogP contribution in [0.5, 0.6) is 0 Å². The van der Waals surface area contributed by atoms with E-state index in [2.05, 4.69) is 101 Å². The van der Waals surface area contributed by atoms with E-state index in [0.29, 0.717) is 11.6 Å². The summed E-state index contributed by atoms with van der Waals surface area (Å²) in [6.45, 7) is 0. The molecule has 5 rings (SSSR count). The zero-order valence-corrected chi connectivity index (χ0v) is 17.3. The second kappa shape index (κ2) is 7.17. The molecule has 2 aliphatic carbocycles. The molecule has 0 radical (unpaired) electrons. The third-order valence-electron chi connectivity index (χ3n) is 6.35. The van der Waals surface area contributed by atoms with Gasteiger partial charge in [0.25, 0.3) is 0 Å². The molecular weight excluding hydrogens is 372 g/mol. The van der Waals surface area contributed by atoms with E-state index in [-0.39, 0.29) is 5.41 Å². The van der Waals surface area contributed by atoms with Crippen LogP contribution in [0.2, 0.25) is 0 Å². The van der Waals surface area contributed by atoms with Crippen molar-refractivity contribution in [3.8, 4) is 0 Å². The van der Waals surface area contributed by atoms with Crippen LogP contribution in [0, 0.1) is 5.92 Å². The van der Waals surface area contributed by atoms with Gasteiger partial charge in [0.15, 0.2) is 0 Å². The number of nitrogens with zero attached hydrogens (tertiary/aromatic N) is 3. The van der Waals surface area contributed by atoms with Crippen LogP contribution in [-0.2, 0) is 11.8 Å². The fourth-order valence-electron chi connectivity index (χ4n) is 4.50. The van der Waals surface area contributed by atoms with Gasteiger partial charge in [0.2, 0.25) is 0 Å². The first-order chi connectivity index (χ1) is 14.6. The molecule has 5 nitrogen and oxygen atoms in total. The van der Waals surface area contributed by atoms with E-state index in [0.717, 1.165) is 36.2 Å². The monoisotopic (exact) mass is 398 g/mol. The fourth-order valence-corrected chi connectivity index (χ4v) is 4.50. The lowest BCUT2D eigenvalue weighted by Gasteiger charge is -2.35. The number of benzene rings is 2. The Hall–Kier alpha value is -3.34. The number of allylic oxidation sites excluding steroid dienone is 1. The summed E-state index contributed by atoms with van der Waals surface area (Å²) in [7, 11) is 4.13. The normalized spacial score (nSPS) is 20.8. The van der Waals surface area contributed by atoms with Crippen molar-refractivity contribution in [2.24, 2.45) is 11.1 Å². The molecule has 2 aromatic carbocycles. The SMILES string of the molecule is CN(C)c1cccc(C2(c3ccccc3)C=Cc3c(/C(=N/O)C4CC4)n[nH]c3C2)c1. The molecule has 2 N–H and O–H groups in total. The van der Waals surface area contributed by atoms with Crippen LogP contribution in [-0.4, -0.2) is 35.2 Å². The Balaban J connectivity index is 1.64. The lowest BCUT2D eigenvalue weighted by Crippen LogP contribution is -2.31. The topological polar surface area (TPSA) is 64.5 Å². The van der Waals surface area contributed by atoms with Crippen molar-refractivity contribution >= 4 is 17.5 Å². The highest BCUT2D eigenvalue weighted by Crippen LogP contribution is 2.43. The summed E-state index contributed by atoms with van der Waals surface area (Å²) < 4.78 is 0. The summed E-state index contributed by atoms with van der Waals surface area (Å²) in [5.41, 5.74) is 7.00. The third-order valence-corrected chi connectivity index (χ3v) is 6.35. The molecule has 0 amide bonds. The summed E-state index contributed by atoms with van der Waals surface area (Å²) in [4.78, 5) is 2.13. The molecule has 1 fully saturated rings. The van der Waals surface area contributed by atoms with E-state index in [9.17, 15) is 5.21 Å². The van der Waals surface area contributed by atoms with E-state index in [4.69, 9.17) is 0 Å². The van der Waals surface area contributed by atoms with Crippen molar-refractivity contribution < 1.29 is 5.21 Å². The van der Waals surface area contributed by atoms with Gasteiger partial charge in [0, 0.05) is 48.8 Å². The van der Waals surface area contributed by atoms with Crippen LogP contribution >= 0.6 is 0 Å². The van der Waals surface area contributed by atoms with Gasteiger partial charge in [0.05, 0.1) is 0 Å². The summed E-state index contributed by atoms with van der Waals surface area (Å²) in [5.74, 6) is 0.327. The Labute approximate surface area is 176 Å². The number of oxime groups is 1. The maximum absolute atomic E-state index is 9.56. The molecule has 1 saturated carbocycles. The van der Waals surface area contributed by atoms with E-state index < -0.39 is 0 Å². The minimum atomic E-state index is -0.291. The molecule has 2 aliphatic rings. The van der Waals surface area contributed by atoms with Gasteiger partial charge < -0.3 is 10.1 Å². The van der Waals surface area contributed by atoms with Gasteiger partial charge in [-0.1, -0.05) is 59.8 Å². The molecule has 0 saturated heterocycles. The average molecular weight is 399 g/mol. The maximum atomic E-state index is 9.56. The standard InChI is InChI=1S/C25H26N4O/c1-29(2)20-10-6-9-19(15-20)25(18-7-4-3-5-8-18)14-13-21-22(16-25)26-27-24(21)23(28-30)17-11-12-17/h3-10,13-15,17,30H,11-12,16H2,1-2H3,(H,26,27)/b28-23+.